The highest BCUT2D eigenvalue weighted by Crippen LogP contribution is 2.18. The van der Waals surface area contributed by atoms with E-state index in [0.29, 0.717) is 10.8 Å². The fourth-order valence-corrected chi connectivity index (χ4v) is 2.52. The second-order valence-electron chi connectivity index (χ2n) is 4.51. The first-order valence-electron chi connectivity index (χ1n) is 5.82. The van der Waals surface area contributed by atoms with E-state index in [2.05, 4.69) is 13.8 Å². The van der Waals surface area contributed by atoms with Crippen molar-refractivity contribution < 1.29 is 8.42 Å². The Morgan fingerprint density at radius 3 is 2.12 bits per heavy atom. The second-order valence-corrected chi connectivity index (χ2v) is 7.35. The fraction of sp³-hybridized carbons (Fsp3) is 0.538. The zero-order chi connectivity index (χ0) is 13.1. The first-order chi connectivity index (χ1) is 7.86. The molecule has 0 aliphatic carbocycles. The fourth-order valence-electron chi connectivity index (χ4n) is 1.46. The molecule has 96 valence electrons. The zero-order valence-corrected chi connectivity index (χ0v) is 12.1. The van der Waals surface area contributed by atoms with Crippen molar-refractivity contribution in [2.45, 2.75) is 37.5 Å². The van der Waals surface area contributed by atoms with Crippen LogP contribution in [-0.2, 0) is 16.3 Å². The Bertz CT molecular complexity index is 449. The van der Waals surface area contributed by atoms with Crippen molar-refractivity contribution >= 4 is 21.4 Å². The molecule has 0 radical (unpaired) electrons. The lowest BCUT2D eigenvalue weighted by Crippen LogP contribution is -2.11. The van der Waals surface area contributed by atoms with E-state index in [-0.39, 0.29) is 11.1 Å². The van der Waals surface area contributed by atoms with E-state index in [0.717, 1.165) is 12.0 Å². The van der Waals surface area contributed by atoms with Gasteiger partial charge >= 0.3 is 0 Å². The van der Waals surface area contributed by atoms with Gasteiger partial charge in [0.05, 0.1) is 10.6 Å². The molecule has 1 unspecified atom stereocenters. The van der Waals surface area contributed by atoms with E-state index >= 15 is 0 Å². The Balaban J connectivity index is 2.82. The van der Waals surface area contributed by atoms with Gasteiger partial charge in [0.1, 0.15) is 0 Å². The number of sulfone groups is 1. The SMILES string of the molecule is CCS(=O)(=O)c1ccc(CC(Cl)C(C)C)cc1. The summed E-state index contributed by atoms with van der Waals surface area (Å²) in [6, 6.07) is 7.02. The van der Waals surface area contributed by atoms with Crippen LogP contribution in [-0.4, -0.2) is 19.5 Å². The van der Waals surface area contributed by atoms with Crippen LogP contribution in [0.5, 0.6) is 0 Å². The standard InChI is InChI=1S/C13H19ClO2S/c1-4-17(15,16)12-7-5-11(6-8-12)9-13(14)10(2)3/h5-8,10,13H,4,9H2,1-3H3. The van der Waals surface area contributed by atoms with Crippen molar-refractivity contribution in [2.75, 3.05) is 5.75 Å². The van der Waals surface area contributed by atoms with Crippen molar-refractivity contribution in [3.8, 4) is 0 Å². The summed E-state index contributed by atoms with van der Waals surface area (Å²) in [5, 5.41) is 0.0867. The molecule has 0 bridgehead atoms. The smallest absolute Gasteiger partial charge is 0.178 e. The minimum absolute atomic E-state index is 0.0867. The molecule has 0 fully saturated rings. The topological polar surface area (TPSA) is 34.1 Å². The van der Waals surface area contributed by atoms with Crippen LogP contribution >= 0.6 is 11.6 Å². The van der Waals surface area contributed by atoms with Crippen LogP contribution in [0, 0.1) is 5.92 Å². The maximum atomic E-state index is 11.6. The van der Waals surface area contributed by atoms with Crippen LogP contribution in [0.25, 0.3) is 0 Å². The van der Waals surface area contributed by atoms with Gasteiger partial charge in [-0.05, 0) is 30.0 Å². The van der Waals surface area contributed by atoms with Gasteiger partial charge in [-0.25, -0.2) is 8.42 Å². The summed E-state index contributed by atoms with van der Waals surface area (Å²) in [6.45, 7) is 5.80. The second kappa shape index (κ2) is 5.87. The van der Waals surface area contributed by atoms with Crippen LogP contribution in [0.4, 0.5) is 0 Å². The van der Waals surface area contributed by atoms with Crippen LogP contribution in [0.15, 0.2) is 29.2 Å². The molecule has 0 spiro atoms. The van der Waals surface area contributed by atoms with Crippen molar-refractivity contribution in [1.82, 2.24) is 0 Å². The molecule has 1 atom stereocenters. The van der Waals surface area contributed by atoms with Crippen LogP contribution in [0.2, 0.25) is 0 Å². The molecule has 1 rings (SSSR count). The first kappa shape index (κ1) is 14.5. The highest BCUT2D eigenvalue weighted by atomic mass is 35.5. The molecule has 0 saturated heterocycles. The Hall–Kier alpha value is -0.540. The summed E-state index contributed by atoms with van der Waals surface area (Å²) in [5.74, 6) is 0.548. The van der Waals surface area contributed by atoms with Crippen molar-refractivity contribution in [3.63, 3.8) is 0 Å². The Labute approximate surface area is 109 Å². The number of hydrogen-bond donors (Lipinski definition) is 0. The molecule has 17 heavy (non-hydrogen) atoms. The molecule has 1 aromatic carbocycles. The van der Waals surface area contributed by atoms with Gasteiger partial charge in [-0.1, -0.05) is 32.9 Å². The molecule has 0 aromatic heterocycles. The van der Waals surface area contributed by atoms with Crippen molar-refractivity contribution in [2.24, 2.45) is 5.92 Å². The highest BCUT2D eigenvalue weighted by molar-refractivity contribution is 7.91. The van der Waals surface area contributed by atoms with Crippen LogP contribution < -0.4 is 0 Å². The molecule has 0 aliphatic heterocycles. The van der Waals surface area contributed by atoms with Gasteiger partial charge in [0.2, 0.25) is 0 Å². The Morgan fingerprint density at radius 2 is 1.71 bits per heavy atom. The largest absolute Gasteiger partial charge is 0.224 e. The number of hydrogen-bond acceptors (Lipinski definition) is 2. The average Bonchev–Trinajstić information content (AvgIpc) is 2.29. The molecule has 0 saturated carbocycles. The molecule has 0 N–H and O–H groups in total. The van der Waals surface area contributed by atoms with E-state index in [4.69, 9.17) is 11.6 Å². The van der Waals surface area contributed by atoms with Gasteiger partial charge in [0.15, 0.2) is 9.84 Å². The third-order valence-electron chi connectivity index (χ3n) is 2.82. The molecular weight excluding hydrogens is 256 g/mol. The third kappa shape index (κ3) is 4.00. The average molecular weight is 275 g/mol. The lowest BCUT2D eigenvalue weighted by atomic mass is 10.0. The van der Waals surface area contributed by atoms with Gasteiger partial charge in [-0.2, -0.15) is 0 Å². The molecule has 2 nitrogen and oxygen atoms in total. The zero-order valence-electron chi connectivity index (χ0n) is 10.5. The van der Waals surface area contributed by atoms with Crippen LogP contribution in [0.1, 0.15) is 26.3 Å². The lowest BCUT2D eigenvalue weighted by Gasteiger charge is -2.13. The quantitative estimate of drug-likeness (QED) is 0.772. The molecule has 4 heteroatoms. The summed E-state index contributed by atoms with van der Waals surface area (Å²) in [4.78, 5) is 0.388. The third-order valence-corrected chi connectivity index (χ3v) is 5.23. The molecular formula is C13H19ClO2S. The van der Waals surface area contributed by atoms with E-state index in [1.54, 1.807) is 19.1 Å². The van der Waals surface area contributed by atoms with E-state index in [1.165, 1.54) is 0 Å². The maximum absolute atomic E-state index is 11.6. The van der Waals surface area contributed by atoms with E-state index < -0.39 is 9.84 Å². The minimum Gasteiger partial charge on any atom is -0.224 e. The van der Waals surface area contributed by atoms with Crippen molar-refractivity contribution in [3.05, 3.63) is 29.8 Å². The monoisotopic (exact) mass is 274 g/mol. The molecule has 0 heterocycles. The summed E-state index contributed by atoms with van der Waals surface area (Å²) in [6.07, 6.45) is 0.770. The highest BCUT2D eigenvalue weighted by Gasteiger charge is 2.13. The number of rotatable bonds is 5. The van der Waals surface area contributed by atoms with E-state index in [1.807, 2.05) is 12.1 Å². The number of benzene rings is 1. The van der Waals surface area contributed by atoms with Crippen molar-refractivity contribution in [1.29, 1.82) is 0 Å². The van der Waals surface area contributed by atoms with Crippen LogP contribution in [0.3, 0.4) is 0 Å². The Morgan fingerprint density at radius 1 is 1.18 bits per heavy atom. The minimum atomic E-state index is -3.09. The molecule has 1 aromatic rings. The van der Waals surface area contributed by atoms with Gasteiger partial charge < -0.3 is 0 Å². The maximum Gasteiger partial charge on any atom is 0.178 e. The number of alkyl halides is 1. The van der Waals surface area contributed by atoms with Gasteiger partial charge in [0.25, 0.3) is 0 Å². The predicted molar refractivity (Wildman–Crippen MR) is 72.4 cm³/mol. The summed E-state index contributed by atoms with van der Waals surface area (Å²) in [7, 11) is -3.09. The molecule has 0 amide bonds. The van der Waals surface area contributed by atoms with Gasteiger partial charge in [0, 0.05) is 5.38 Å². The lowest BCUT2D eigenvalue weighted by molar-refractivity contribution is 0.594. The summed E-state index contributed by atoms with van der Waals surface area (Å²) < 4.78 is 23.2. The Kier molecular flexibility index (Phi) is 5.02. The number of halogens is 1. The summed E-state index contributed by atoms with van der Waals surface area (Å²) in [5.41, 5.74) is 1.08. The van der Waals surface area contributed by atoms with Gasteiger partial charge in [-0.15, -0.1) is 11.6 Å². The normalized spacial score (nSPS) is 13.9. The first-order valence-corrected chi connectivity index (χ1v) is 7.91. The summed E-state index contributed by atoms with van der Waals surface area (Å²) >= 11 is 6.19. The molecule has 0 aliphatic rings. The van der Waals surface area contributed by atoms with E-state index in [9.17, 15) is 8.42 Å². The predicted octanol–water partition coefficient (Wildman–Crippen LogP) is 3.29. The van der Waals surface area contributed by atoms with Gasteiger partial charge in [-0.3, -0.25) is 0 Å².